The van der Waals surface area contributed by atoms with Crippen LogP contribution in [0.15, 0.2) is 84.0 Å². The van der Waals surface area contributed by atoms with Crippen LogP contribution in [0, 0.1) is 10.1 Å². The Morgan fingerprint density at radius 1 is 0.900 bits per heavy atom. The maximum atomic E-state index is 10.9. The Hall–Kier alpha value is -3.78. The van der Waals surface area contributed by atoms with Crippen molar-refractivity contribution in [3.05, 3.63) is 94.5 Å². The van der Waals surface area contributed by atoms with E-state index in [2.05, 4.69) is 0 Å². The lowest BCUT2D eigenvalue weighted by Crippen LogP contribution is -1.98. The minimum atomic E-state index is -0.397. The summed E-state index contributed by atoms with van der Waals surface area (Å²) in [6.07, 6.45) is 0. The number of nitro benzene ring substituents is 1. The predicted octanol–water partition coefficient (Wildman–Crippen LogP) is 5.15. The third-order valence-corrected chi connectivity index (χ3v) is 5.70. The van der Waals surface area contributed by atoms with Crippen LogP contribution in [0.4, 0.5) is 5.69 Å². The smallest absolute Gasteiger partial charge is 0.258 e. The first-order chi connectivity index (χ1) is 14.7. The molecule has 7 nitrogen and oxygen atoms in total. The highest BCUT2D eigenvalue weighted by molar-refractivity contribution is 7.98. The van der Waals surface area contributed by atoms with Crippen molar-refractivity contribution >= 4 is 34.0 Å². The molecular weight excluding hydrogens is 398 g/mol. The van der Waals surface area contributed by atoms with Gasteiger partial charge in [0, 0.05) is 28.8 Å². The van der Waals surface area contributed by atoms with Crippen LogP contribution >= 0.6 is 11.8 Å². The topological polar surface area (TPSA) is 86.2 Å². The van der Waals surface area contributed by atoms with Gasteiger partial charge in [-0.3, -0.25) is 10.1 Å². The lowest BCUT2D eigenvalue weighted by atomic mass is 10.2. The molecular formula is C22H15N5O2S. The highest BCUT2D eigenvalue weighted by Crippen LogP contribution is 2.28. The quantitative estimate of drug-likeness (QED) is 0.171. The third kappa shape index (κ3) is 3.37. The van der Waals surface area contributed by atoms with E-state index in [0.717, 1.165) is 32.8 Å². The number of non-ortho nitro benzene ring substituents is 1. The second-order valence-electron chi connectivity index (χ2n) is 6.66. The van der Waals surface area contributed by atoms with Crippen molar-refractivity contribution in [2.24, 2.45) is 0 Å². The predicted molar refractivity (Wildman–Crippen MR) is 116 cm³/mol. The summed E-state index contributed by atoms with van der Waals surface area (Å²) < 4.78 is 1.78. The number of hydrogen-bond donors (Lipinski definition) is 0. The molecule has 0 saturated carbocycles. The maximum Gasteiger partial charge on any atom is 0.269 e. The lowest BCUT2D eigenvalue weighted by molar-refractivity contribution is -0.384. The summed E-state index contributed by atoms with van der Waals surface area (Å²) >= 11 is 1.52. The van der Waals surface area contributed by atoms with Crippen LogP contribution in [0.5, 0.6) is 0 Å². The number of rotatable bonds is 5. The second-order valence-corrected chi connectivity index (χ2v) is 7.60. The molecule has 8 heteroatoms. The zero-order chi connectivity index (χ0) is 20.5. The number of fused-ring (bicyclic) bond motifs is 3. The Morgan fingerprint density at radius 3 is 2.40 bits per heavy atom. The van der Waals surface area contributed by atoms with E-state index in [0.29, 0.717) is 11.6 Å². The Labute approximate surface area is 175 Å². The number of para-hydroxylation sites is 1. The lowest BCUT2D eigenvalue weighted by Gasteiger charge is -2.06. The number of nitrogens with zero attached hydrogens (tertiary/aromatic N) is 5. The van der Waals surface area contributed by atoms with Crippen LogP contribution in [0.1, 0.15) is 5.56 Å². The van der Waals surface area contributed by atoms with Gasteiger partial charge in [0.15, 0.2) is 16.6 Å². The van der Waals surface area contributed by atoms with E-state index in [-0.39, 0.29) is 5.69 Å². The average Bonchev–Trinajstić information content (AvgIpc) is 3.24. The molecule has 0 aliphatic carbocycles. The van der Waals surface area contributed by atoms with Crippen molar-refractivity contribution in [1.29, 1.82) is 0 Å². The van der Waals surface area contributed by atoms with Gasteiger partial charge in [0.1, 0.15) is 0 Å². The van der Waals surface area contributed by atoms with Crippen LogP contribution in [0.2, 0.25) is 0 Å². The number of aromatic nitrogens is 4. The van der Waals surface area contributed by atoms with Crippen LogP contribution in [-0.2, 0) is 5.75 Å². The van der Waals surface area contributed by atoms with Gasteiger partial charge in [0.25, 0.3) is 5.69 Å². The fraction of sp³-hybridized carbons (Fsp3) is 0.0455. The average molecular weight is 413 g/mol. The summed E-state index contributed by atoms with van der Waals surface area (Å²) in [6.45, 7) is 0. The summed E-state index contributed by atoms with van der Waals surface area (Å²) in [5, 5.41) is 17.2. The molecule has 0 aliphatic rings. The van der Waals surface area contributed by atoms with Crippen molar-refractivity contribution < 1.29 is 4.92 Å². The second kappa shape index (κ2) is 7.57. The normalized spacial score (nSPS) is 11.2. The van der Waals surface area contributed by atoms with Gasteiger partial charge in [-0.2, -0.15) is 4.52 Å². The minimum Gasteiger partial charge on any atom is -0.258 e. The maximum absolute atomic E-state index is 10.9. The molecule has 3 aromatic carbocycles. The van der Waals surface area contributed by atoms with Gasteiger partial charge in [-0.25, -0.2) is 9.97 Å². The fourth-order valence-electron chi connectivity index (χ4n) is 3.20. The minimum absolute atomic E-state index is 0.0822. The summed E-state index contributed by atoms with van der Waals surface area (Å²) in [6, 6.07) is 24.3. The van der Waals surface area contributed by atoms with Gasteiger partial charge in [-0.05, 0) is 17.7 Å². The molecule has 0 unspecified atom stereocenters. The molecule has 0 spiro atoms. The number of benzene rings is 3. The molecule has 0 N–H and O–H groups in total. The zero-order valence-electron chi connectivity index (χ0n) is 15.7. The third-order valence-electron chi connectivity index (χ3n) is 4.70. The highest BCUT2D eigenvalue weighted by atomic mass is 32.2. The van der Waals surface area contributed by atoms with Gasteiger partial charge < -0.3 is 0 Å². The van der Waals surface area contributed by atoms with Gasteiger partial charge in [0.2, 0.25) is 0 Å². The fourth-order valence-corrected chi connectivity index (χ4v) is 4.10. The van der Waals surface area contributed by atoms with Crippen molar-refractivity contribution in [2.75, 3.05) is 0 Å². The van der Waals surface area contributed by atoms with Crippen molar-refractivity contribution in [3.8, 4) is 11.4 Å². The molecule has 146 valence electrons. The number of hydrogen-bond acceptors (Lipinski definition) is 6. The van der Waals surface area contributed by atoms with E-state index in [1.165, 1.54) is 23.9 Å². The van der Waals surface area contributed by atoms with E-state index in [1.807, 2.05) is 54.6 Å². The first-order valence-corrected chi connectivity index (χ1v) is 10.2. The molecule has 5 rings (SSSR count). The molecule has 0 aliphatic heterocycles. The molecule has 0 atom stereocenters. The standard InChI is InChI=1S/C22H15N5O2S/c28-27(29)17-12-10-15(11-13-17)14-30-22-23-19-9-5-4-8-18(19)21-24-20(25-26(21)22)16-6-2-1-3-7-16/h1-13H,14H2. The van der Waals surface area contributed by atoms with Crippen molar-refractivity contribution in [2.45, 2.75) is 10.9 Å². The summed E-state index contributed by atoms with van der Waals surface area (Å²) in [7, 11) is 0. The van der Waals surface area contributed by atoms with E-state index in [4.69, 9.17) is 15.1 Å². The molecule has 0 amide bonds. The molecule has 0 bridgehead atoms. The highest BCUT2D eigenvalue weighted by Gasteiger charge is 2.15. The van der Waals surface area contributed by atoms with Gasteiger partial charge in [-0.1, -0.05) is 66.4 Å². The molecule has 5 aromatic rings. The van der Waals surface area contributed by atoms with E-state index in [9.17, 15) is 10.1 Å². The monoisotopic (exact) mass is 413 g/mol. The van der Waals surface area contributed by atoms with Crippen LogP contribution in [0.25, 0.3) is 27.9 Å². The SMILES string of the molecule is O=[N+]([O-])c1ccc(CSc2nc3ccccc3c3nc(-c4ccccc4)nn23)cc1. The van der Waals surface area contributed by atoms with Gasteiger partial charge in [0.05, 0.1) is 10.4 Å². The Morgan fingerprint density at radius 2 is 1.63 bits per heavy atom. The van der Waals surface area contributed by atoms with Gasteiger partial charge >= 0.3 is 0 Å². The Kier molecular flexibility index (Phi) is 4.61. The molecule has 30 heavy (non-hydrogen) atoms. The number of thioether (sulfide) groups is 1. The van der Waals surface area contributed by atoms with Gasteiger partial charge in [-0.15, -0.1) is 5.10 Å². The summed E-state index contributed by atoms with van der Waals surface area (Å²) in [4.78, 5) is 20.0. The van der Waals surface area contributed by atoms with Crippen molar-refractivity contribution in [1.82, 2.24) is 19.6 Å². The molecule has 0 saturated heterocycles. The first-order valence-electron chi connectivity index (χ1n) is 9.26. The molecule has 0 fully saturated rings. The van der Waals surface area contributed by atoms with E-state index < -0.39 is 4.92 Å². The summed E-state index contributed by atoms with van der Waals surface area (Å²) in [5.74, 6) is 1.25. The molecule has 0 radical (unpaired) electrons. The summed E-state index contributed by atoms with van der Waals surface area (Å²) in [5.41, 5.74) is 3.60. The zero-order valence-corrected chi connectivity index (χ0v) is 16.5. The van der Waals surface area contributed by atoms with E-state index >= 15 is 0 Å². The largest absolute Gasteiger partial charge is 0.269 e. The van der Waals surface area contributed by atoms with Crippen LogP contribution in [-0.4, -0.2) is 24.5 Å². The van der Waals surface area contributed by atoms with E-state index in [1.54, 1.807) is 16.6 Å². The molecule has 2 aromatic heterocycles. The first kappa shape index (κ1) is 18.3. The molecule has 2 heterocycles. The Bertz CT molecular complexity index is 1370. The van der Waals surface area contributed by atoms with Crippen LogP contribution < -0.4 is 0 Å². The van der Waals surface area contributed by atoms with Crippen molar-refractivity contribution in [3.63, 3.8) is 0 Å². The Balaban J connectivity index is 1.56. The number of nitro groups is 1. The van der Waals surface area contributed by atoms with Crippen LogP contribution in [0.3, 0.4) is 0 Å².